The minimum Gasteiger partial charge on any atom is -0.504 e. The summed E-state index contributed by atoms with van der Waals surface area (Å²) in [5.74, 6) is -1.40. The monoisotopic (exact) mass is 488 g/mol. The van der Waals surface area contributed by atoms with E-state index in [9.17, 15) is 22.7 Å². The number of phenolic OH excluding ortho intramolecular Hbond substituents is 1. The summed E-state index contributed by atoms with van der Waals surface area (Å²) in [4.78, 5) is 11.8. The molecular formula is C19H19Cl2FN4O4S. The SMILES string of the molecule is O=C(Nc1ccc(Cl)c(S(=O)(=O)N2C[C@H]3CC[C@@H](C2)N3)c1O)Nc1cccc(F)c1Cl. The molecule has 12 heteroatoms. The van der Waals surface area contributed by atoms with Crippen LogP contribution in [0.2, 0.25) is 10.0 Å². The van der Waals surface area contributed by atoms with Crippen LogP contribution in [0.1, 0.15) is 12.8 Å². The van der Waals surface area contributed by atoms with Gasteiger partial charge in [0.2, 0.25) is 10.0 Å². The minimum absolute atomic E-state index is 0.0109. The van der Waals surface area contributed by atoms with Crippen LogP contribution in [0.3, 0.4) is 0 Å². The Hall–Kier alpha value is -2.11. The number of benzene rings is 2. The number of sulfonamides is 1. The fourth-order valence-electron chi connectivity index (χ4n) is 3.85. The summed E-state index contributed by atoms with van der Waals surface area (Å²) < 4.78 is 41.3. The second-order valence-corrected chi connectivity index (χ2v) is 10.1. The highest BCUT2D eigenvalue weighted by Gasteiger charge is 2.40. The maximum atomic E-state index is 13.6. The molecule has 2 aliphatic rings. The Morgan fingerprint density at radius 3 is 2.42 bits per heavy atom. The molecule has 2 amide bonds. The summed E-state index contributed by atoms with van der Waals surface area (Å²) in [6, 6.07) is 5.68. The molecule has 2 aromatic carbocycles. The van der Waals surface area contributed by atoms with Gasteiger partial charge in [0.25, 0.3) is 0 Å². The number of aromatic hydroxyl groups is 1. The smallest absolute Gasteiger partial charge is 0.323 e. The quantitative estimate of drug-likeness (QED) is 0.491. The molecule has 4 N–H and O–H groups in total. The molecule has 2 fully saturated rings. The van der Waals surface area contributed by atoms with Crippen molar-refractivity contribution in [3.63, 3.8) is 0 Å². The van der Waals surface area contributed by atoms with Crippen LogP contribution in [0.4, 0.5) is 20.6 Å². The Kier molecular flexibility index (Phi) is 6.01. The summed E-state index contributed by atoms with van der Waals surface area (Å²) in [6.07, 6.45) is 1.75. The zero-order valence-corrected chi connectivity index (χ0v) is 18.4. The van der Waals surface area contributed by atoms with Crippen molar-refractivity contribution >= 4 is 50.6 Å². The van der Waals surface area contributed by atoms with Crippen LogP contribution in [-0.2, 0) is 10.0 Å². The molecule has 0 unspecified atom stereocenters. The Labute approximate surface area is 188 Å². The first-order valence-corrected chi connectivity index (χ1v) is 11.7. The van der Waals surface area contributed by atoms with Crippen molar-refractivity contribution in [3.05, 3.63) is 46.2 Å². The van der Waals surface area contributed by atoms with Crippen molar-refractivity contribution in [2.45, 2.75) is 29.8 Å². The number of hydrogen-bond donors (Lipinski definition) is 4. The molecule has 0 saturated carbocycles. The number of piperazine rings is 1. The largest absolute Gasteiger partial charge is 0.504 e. The number of hydrogen-bond acceptors (Lipinski definition) is 5. The summed E-state index contributed by atoms with van der Waals surface area (Å²) in [7, 11) is -4.11. The molecule has 2 atom stereocenters. The maximum Gasteiger partial charge on any atom is 0.323 e. The molecule has 2 aliphatic heterocycles. The van der Waals surface area contributed by atoms with Crippen LogP contribution < -0.4 is 16.0 Å². The number of nitrogens with zero attached hydrogens (tertiary/aromatic N) is 1. The number of phenols is 1. The molecule has 8 nitrogen and oxygen atoms in total. The molecule has 2 heterocycles. The fourth-order valence-corrected chi connectivity index (χ4v) is 6.15. The predicted molar refractivity (Wildman–Crippen MR) is 116 cm³/mol. The molecule has 2 aromatic rings. The van der Waals surface area contributed by atoms with E-state index < -0.39 is 32.5 Å². The molecule has 4 rings (SSSR count). The first-order valence-electron chi connectivity index (χ1n) is 9.46. The van der Waals surface area contributed by atoms with Gasteiger partial charge in [-0.15, -0.1) is 0 Å². The topological polar surface area (TPSA) is 111 Å². The molecule has 31 heavy (non-hydrogen) atoms. The Balaban J connectivity index is 1.59. The predicted octanol–water partition coefficient (Wildman–Crippen LogP) is 3.61. The molecule has 0 radical (unpaired) electrons. The number of carbonyl (C=O) groups is 1. The normalized spacial score (nSPS) is 21.1. The number of halogens is 3. The highest BCUT2D eigenvalue weighted by atomic mass is 35.5. The van der Waals surface area contributed by atoms with Crippen molar-refractivity contribution in [3.8, 4) is 5.75 Å². The van der Waals surface area contributed by atoms with Crippen molar-refractivity contribution in [2.24, 2.45) is 0 Å². The van der Waals surface area contributed by atoms with Gasteiger partial charge in [0.05, 0.1) is 21.4 Å². The number of urea groups is 1. The van der Waals surface area contributed by atoms with E-state index in [1.807, 2.05) is 0 Å². The summed E-state index contributed by atoms with van der Waals surface area (Å²) >= 11 is 11.9. The third-order valence-electron chi connectivity index (χ3n) is 5.31. The zero-order valence-electron chi connectivity index (χ0n) is 16.0. The van der Waals surface area contributed by atoms with Gasteiger partial charge in [-0.2, -0.15) is 4.31 Å². The van der Waals surface area contributed by atoms with E-state index in [1.54, 1.807) is 0 Å². The molecule has 0 aromatic heterocycles. The molecule has 2 saturated heterocycles. The van der Waals surface area contributed by atoms with Gasteiger partial charge in [-0.3, -0.25) is 0 Å². The summed E-state index contributed by atoms with van der Waals surface area (Å²) in [5, 5.41) is 18.2. The van der Waals surface area contributed by atoms with Gasteiger partial charge in [-0.05, 0) is 37.1 Å². The Morgan fingerprint density at radius 1 is 1.10 bits per heavy atom. The second kappa shape index (κ2) is 8.44. The molecule has 166 valence electrons. The van der Waals surface area contributed by atoms with Crippen molar-refractivity contribution in [1.82, 2.24) is 9.62 Å². The Morgan fingerprint density at radius 2 is 1.74 bits per heavy atom. The van der Waals surface area contributed by atoms with E-state index in [2.05, 4.69) is 16.0 Å². The maximum absolute atomic E-state index is 13.6. The van der Waals surface area contributed by atoms with E-state index in [0.29, 0.717) is 0 Å². The van der Waals surface area contributed by atoms with Crippen LogP contribution in [-0.4, -0.2) is 49.0 Å². The van der Waals surface area contributed by atoms with E-state index >= 15 is 0 Å². The third kappa shape index (κ3) is 4.31. The van der Waals surface area contributed by atoms with Gasteiger partial charge in [0.15, 0.2) is 5.75 Å². The average molecular weight is 489 g/mol. The lowest BCUT2D eigenvalue weighted by molar-refractivity contribution is 0.262. The van der Waals surface area contributed by atoms with Gasteiger partial charge in [-0.1, -0.05) is 29.3 Å². The number of anilines is 2. The molecular weight excluding hydrogens is 470 g/mol. The summed E-state index contributed by atoms with van der Waals surface area (Å²) in [6.45, 7) is 0.537. The van der Waals surface area contributed by atoms with Crippen molar-refractivity contribution < 1.29 is 22.7 Å². The van der Waals surface area contributed by atoms with Gasteiger partial charge >= 0.3 is 6.03 Å². The van der Waals surface area contributed by atoms with E-state index in [4.69, 9.17) is 23.2 Å². The highest BCUT2D eigenvalue weighted by Crippen LogP contribution is 2.39. The van der Waals surface area contributed by atoms with Gasteiger partial charge in [0, 0.05) is 25.2 Å². The lowest BCUT2D eigenvalue weighted by Gasteiger charge is -2.32. The van der Waals surface area contributed by atoms with E-state index in [-0.39, 0.29) is 46.6 Å². The highest BCUT2D eigenvalue weighted by molar-refractivity contribution is 7.89. The molecule has 0 spiro atoms. The number of nitrogens with one attached hydrogen (secondary N) is 3. The minimum atomic E-state index is -4.11. The van der Waals surface area contributed by atoms with Crippen LogP contribution in [0.15, 0.2) is 35.2 Å². The average Bonchev–Trinajstić information content (AvgIpc) is 3.05. The van der Waals surface area contributed by atoms with Crippen LogP contribution in [0.5, 0.6) is 5.75 Å². The number of rotatable bonds is 4. The third-order valence-corrected chi connectivity index (χ3v) is 8.03. The standard InChI is InChI=1S/C19H19Cl2FN4O4S/c20-12-6-7-15(25-19(28)24-14-3-1-2-13(22)16(14)21)17(27)18(12)31(29,30)26-8-10-4-5-11(9-26)23-10/h1-3,6-7,10-11,23,27H,4-5,8-9H2,(H2,24,25,28)/t10-,11+. The van der Waals surface area contributed by atoms with Crippen LogP contribution >= 0.6 is 23.2 Å². The molecule has 0 aliphatic carbocycles. The number of fused-ring (bicyclic) bond motifs is 2. The van der Waals surface area contributed by atoms with Crippen LogP contribution in [0.25, 0.3) is 0 Å². The lowest BCUT2D eigenvalue weighted by atomic mass is 10.2. The van der Waals surface area contributed by atoms with Crippen LogP contribution in [0, 0.1) is 5.82 Å². The first kappa shape index (κ1) is 22.1. The zero-order chi connectivity index (χ0) is 22.3. The van der Waals surface area contributed by atoms with Crippen molar-refractivity contribution in [2.75, 3.05) is 23.7 Å². The fraction of sp³-hybridized carbons (Fsp3) is 0.316. The lowest BCUT2D eigenvalue weighted by Crippen LogP contribution is -2.52. The van der Waals surface area contributed by atoms with Gasteiger partial charge in [0.1, 0.15) is 10.7 Å². The first-order chi connectivity index (χ1) is 14.7. The summed E-state index contributed by atoms with van der Waals surface area (Å²) in [5.41, 5.74) is -0.164. The van der Waals surface area contributed by atoms with Gasteiger partial charge < -0.3 is 21.1 Å². The number of amides is 2. The van der Waals surface area contributed by atoms with E-state index in [1.165, 1.54) is 28.6 Å². The Bertz CT molecular complexity index is 1140. The molecule has 2 bridgehead atoms. The van der Waals surface area contributed by atoms with Crippen molar-refractivity contribution in [1.29, 1.82) is 0 Å². The second-order valence-electron chi connectivity index (χ2n) is 7.41. The van der Waals surface area contributed by atoms with E-state index in [0.717, 1.165) is 18.9 Å². The van der Waals surface area contributed by atoms with Gasteiger partial charge in [-0.25, -0.2) is 17.6 Å². The number of carbonyl (C=O) groups excluding carboxylic acids is 1.